The molecule has 0 aromatic carbocycles. The Hall–Kier alpha value is -0.0900. The Labute approximate surface area is 89.6 Å². The summed E-state index contributed by atoms with van der Waals surface area (Å²) in [6.07, 6.45) is 16.3. The van der Waals surface area contributed by atoms with Crippen molar-refractivity contribution in [3.8, 4) is 0 Å². The van der Waals surface area contributed by atoms with Gasteiger partial charge in [-0.3, -0.25) is 0 Å². The summed E-state index contributed by atoms with van der Waals surface area (Å²) in [7, 11) is 1.48. The molecule has 1 saturated carbocycles. The predicted octanol–water partition coefficient (Wildman–Crippen LogP) is 5.09. The molecule has 77 valence electrons. The molecule has 1 heteroatoms. The highest BCUT2D eigenvalue weighted by Gasteiger charge is 2.15. The lowest BCUT2D eigenvalue weighted by molar-refractivity contribution is 0.504. The van der Waals surface area contributed by atoms with Gasteiger partial charge in [-0.25, -0.2) is 0 Å². The Morgan fingerprint density at radius 1 is 0.929 bits per heavy atom. The van der Waals surface area contributed by atoms with Crippen LogP contribution < -0.4 is 0 Å². The molecule has 0 atom stereocenters. The minimum atomic E-state index is 0.907. The summed E-state index contributed by atoms with van der Waals surface area (Å²) in [6.45, 7) is 0. The van der Waals surface area contributed by atoms with Crippen molar-refractivity contribution in [1.82, 2.24) is 0 Å². The van der Waals surface area contributed by atoms with Crippen LogP contribution in [0.1, 0.15) is 51.4 Å². The van der Waals surface area contributed by atoms with Gasteiger partial charge < -0.3 is 0 Å². The third kappa shape index (κ3) is 2.95. The second-order valence-electron chi connectivity index (χ2n) is 4.46. The van der Waals surface area contributed by atoms with Crippen LogP contribution in [0.15, 0.2) is 23.3 Å². The Morgan fingerprint density at radius 2 is 1.57 bits per heavy atom. The lowest BCUT2D eigenvalue weighted by Gasteiger charge is -2.16. The fourth-order valence-electron chi connectivity index (χ4n) is 2.48. The van der Waals surface area contributed by atoms with Crippen LogP contribution in [0.5, 0.6) is 0 Å². The van der Waals surface area contributed by atoms with Crippen LogP contribution in [-0.4, -0.2) is 0 Å². The average Bonchev–Trinajstić information content (AvgIpc) is 2.75. The van der Waals surface area contributed by atoms with E-state index in [4.69, 9.17) is 0 Å². The molecule has 2 rings (SSSR count). The first kappa shape index (κ1) is 10.4. The summed E-state index contributed by atoms with van der Waals surface area (Å²) < 4.78 is 0. The maximum atomic E-state index is 2.35. The molecule has 2 aliphatic rings. The van der Waals surface area contributed by atoms with Gasteiger partial charge in [0.1, 0.15) is 0 Å². The van der Waals surface area contributed by atoms with Gasteiger partial charge in [0.15, 0.2) is 0 Å². The van der Waals surface area contributed by atoms with Gasteiger partial charge in [-0.2, -0.15) is 0 Å². The number of rotatable bonds is 1. The monoisotopic (exact) mass is 207 g/mol. The third-order valence-electron chi connectivity index (χ3n) is 3.35. The number of allylic oxidation sites excluding steroid dienone is 3. The van der Waals surface area contributed by atoms with Gasteiger partial charge in [-0.1, -0.05) is 56.5 Å². The Morgan fingerprint density at radius 3 is 2.14 bits per heavy atom. The topological polar surface area (TPSA) is 0 Å². The molecular weight excluding hydrogens is 187 g/mol. The van der Waals surface area contributed by atoms with E-state index < -0.39 is 0 Å². The van der Waals surface area contributed by atoms with E-state index in [9.17, 15) is 0 Å². The molecular formula is C13H20P. The quantitative estimate of drug-likeness (QED) is 0.525. The number of hydrogen-bond donors (Lipinski definition) is 0. The van der Waals surface area contributed by atoms with E-state index in [0.29, 0.717) is 0 Å². The Kier molecular flexibility index (Phi) is 4.25. The van der Waals surface area contributed by atoms with Crippen LogP contribution in [0.2, 0.25) is 0 Å². The summed E-state index contributed by atoms with van der Waals surface area (Å²) in [6, 6.07) is 0. The van der Waals surface area contributed by atoms with Gasteiger partial charge in [-0.05, 0) is 32.7 Å². The smallest absolute Gasteiger partial charge is 0.0151 e. The molecule has 0 saturated heterocycles. The van der Waals surface area contributed by atoms with Gasteiger partial charge in [-0.15, -0.1) is 0 Å². The molecule has 1 aliphatic heterocycles. The third-order valence-corrected chi connectivity index (χ3v) is 4.48. The van der Waals surface area contributed by atoms with Crippen molar-refractivity contribution in [2.75, 3.05) is 0 Å². The fraction of sp³-hybridized carbons (Fsp3) is 0.692. The summed E-state index contributed by atoms with van der Waals surface area (Å²) in [5, 5.41) is 1.69. The Balaban J connectivity index is 1.87. The summed E-state index contributed by atoms with van der Waals surface area (Å²) in [5.74, 6) is 3.19. The molecule has 14 heavy (non-hydrogen) atoms. The SMILES string of the molecule is C1=C[P]C(C2CCCCCCCC2)=C1. The molecule has 0 nitrogen and oxygen atoms in total. The Bertz CT molecular complexity index is 217. The van der Waals surface area contributed by atoms with E-state index in [1.54, 1.807) is 5.31 Å². The van der Waals surface area contributed by atoms with Crippen LogP contribution in [-0.2, 0) is 0 Å². The molecule has 0 N–H and O–H groups in total. The molecule has 1 heterocycles. The van der Waals surface area contributed by atoms with E-state index >= 15 is 0 Å². The minimum absolute atomic E-state index is 0.907. The van der Waals surface area contributed by atoms with Crippen LogP contribution in [0, 0.1) is 5.92 Å². The maximum Gasteiger partial charge on any atom is -0.0151 e. The molecule has 0 amide bonds. The fourth-order valence-corrected chi connectivity index (χ4v) is 3.47. The standard InChI is InChI=1S/C13H20P/c1-2-4-6-9-12(8-5-3-1)13-10-7-11-14-13/h7,10-12H,1-6,8-9H2. The van der Waals surface area contributed by atoms with E-state index in [2.05, 4.69) is 18.0 Å². The van der Waals surface area contributed by atoms with E-state index in [1.807, 2.05) is 0 Å². The molecule has 0 bridgehead atoms. The van der Waals surface area contributed by atoms with Crippen LogP contribution in [0.4, 0.5) is 0 Å². The minimum Gasteiger partial charge on any atom is -0.0608 e. The molecule has 0 aromatic heterocycles. The predicted molar refractivity (Wildman–Crippen MR) is 64.6 cm³/mol. The largest absolute Gasteiger partial charge is 0.0608 e. The van der Waals surface area contributed by atoms with Crippen molar-refractivity contribution < 1.29 is 0 Å². The van der Waals surface area contributed by atoms with Gasteiger partial charge in [0.25, 0.3) is 0 Å². The first-order valence-electron chi connectivity index (χ1n) is 6.04. The highest BCUT2D eigenvalue weighted by Crippen LogP contribution is 2.41. The second kappa shape index (κ2) is 5.71. The zero-order valence-corrected chi connectivity index (χ0v) is 9.81. The molecule has 0 aromatic rings. The van der Waals surface area contributed by atoms with Crippen molar-refractivity contribution in [1.29, 1.82) is 0 Å². The lowest BCUT2D eigenvalue weighted by Crippen LogP contribution is -2.00. The van der Waals surface area contributed by atoms with Crippen molar-refractivity contribution >= 4 is 8.58 Å². The molecule has 0 unspecified atom stereocenters. The van der Waals surface area contributed by atoms with Crippen molar-refractivity contribution in [3.63, 3.8) is 0 Å². The summed E-state index contributed by atoms with van der Waals surface area (Å²) in [5.41, 5.74) is 0. The normalized spacial score (nSPS) is 27.0. The molecule has 1 fully saturated rings. The van der Waals surface area contributed by atoms with Gasteiger partial charge in [0, 0.05) is 0 Å². The van der Waals surface area contributed by atoms with E-state index in [-0.39, 0.29) is 0 Å². The lowest BCUT2D eigenvalue weighted by atomic mass is 9.96. The highest BCUT2D eigenvalue weighted by atomic mass is 31.1. The molecule has 0 spiro atoms. The van der Waals surface area contributed by atoms with Gasteiger partial charge in [0.05, 0.1) is 0 Å². The van der Waals surface area contributed by atoms with Crippen molar-refractivity contribution in [2.24, 2.45) is 5.92 Å². The molecule has 1 aliphatic carbocycles. The number of hydrogen-bond acceptors (Lipinski definition) is 0. The summed E-state index contributed by atoms with van der Waals surface area (Å²) >= 11 is 0. The maximum absolute atomic E-state index is 2.35. The van der Waals surface area contributed by atoms with Crippen LogP contribution >= 0.6 is 8.58 Å². The van der Waals surface area contributed by atoms with Crippen LogP contribution in [0.25, 0.3) is 0 Å². The van der Waals surface area contributed by atoms with E-state index in [1.165, 1.54) is 59.9 Å². The highest BCUT2D eigenvalue weighted by molar-refractivity contribution is 7.47. The molecule has 1 radical (unpaired) electrons. The van der Waals surface area contributed by atoms with Crippen molar-refractivity contribution in [3.05, 3.63) is 23.3 Å². The summed E-state index contributed by atoms with van der Waals surface area (Å²) in [4.78, 5) is 0. The van der Waals surface area contributed by atoms with Crippen LogP contribution in [0.3, 0.4) is 0 Å². The average molecular weight is 207 g/mol. The second-order valence-corrected chi connectivity index (χ2v) is 5.53. The van der Waals surface area contributed by atoms with E-state index in [0.717, 1.165) is 5.92 Å². The van der Waals surface area contributed by atoms with Crippen molar-refractivity contribution in [2.45, 2.75) is 51.4 Å². The van der Waals surface area contributed by atoms with Gasteiger partial charge >= 0.3 is 0 Å². The zero-order valence-electron chi connectivity index (χ0n) is 8.91. The zero-order chi connectivity index (χ0) is 9.64. The van der Waals surface area contributed by atoms with Gasteiger partial charge in [0.2, 0.25) is 0 Å². The first-order valence-corrected chi connectivity index (χ1v) is 7.01. The first-order chi connectivity index (χ1) is 6.97.